The first-order valence-electron chi connectivity index (χ1n) is 5.00. The van der Waals surface area contributed by atoms with E-state index in [2.05, 4.69) is 38.1 Å². The van der Waals surface area contributed by atoms with Gasteiger partial charge in [0.05, 0.1) is 0 Å². The van der Waals surface area contributed by atoms with Gasteiger partial charge < -0.3 is 5.73 Å². The highest BCUT2D eigenvalue weighted by atomic mass is 14.6. The zero-order valence-corrected chi connectivity index (χ0v) is 8.75. The fraction of sp³-hybridized carbons (Fsp3) is 0.500. The Balaban J connectivity index is 2.81. The van der Waals surface area contributed by atoms with Gasteiger partial charge in [0, 0.05) is 6.04 Å². The van der Waals surface area contributed by atoms with Gasteiger partial charge in [0.1, 0.15) is 0 Å². The third kappa shape index (κ3) is 2.56. The second-order valence-corrected chi connectivity index (χ2v) is 3.76. The quantitative estimate of drug-likeness (QED) is 0.753. The van der Waals surface area contributed by atoms with Crippen molar-refractivity contribution in [3.05, 3.63) is 35.4 Å². The summed E-state index contributed by atoms with van der Waals surface area (Å²) in [6.45, 7) is 6.48. The molecule has 0 saturated carbocycles. The molecule has 0 fully saturated rings. The van der Waals surface area contributed by atoms with Crippen LogP contribution in [0.2, 0.25) is 0 Å². The average Bonchev–Trinajstić information content (AvgIpc) is 2.17. The average molecular weight is 177 g/mol. The number of benzene rings is 1. The third-order valence-electron chi connectivity index (χ3n) is 2.64. The van der Waals surface area contributed by atoms with Gasteiger partial charge in [0.25, 0.3) is 0 Å². The lowest BCUT2D eigenvalue weighted by Gasteiger charge is -2.11. The van der Waals surface area contributed by atoms with Crippen LogP contribution in [0.25, 0.3) is 0 Å². The van der Waals surface area contributed by atoms with E-state index in [1.807, 2.05) is 6.92 Å². The molecule has 13 heavy (non-hydrogen) atoms. The minimum atomic E-state index is 0.144. The Hall–Kier alpha value is -0.820. The van der Waals surface area contributed by atoms with Crippen LogP contribution in [0.5, 0.6) is 0 Å². The van der Waals surface area contributed by atoms with E-state index in [9.17, 15) is 0 Å². The number of nitrogens with two attached hydrogens (primary N) is 1. The first kappa shape index (κ1) is 10.3. The van der Waals surface area contributed by atoms with Gasteiger partial charge in [-0.05, 0) is 30.4 Å². The minimum absolute atomic E-state index is 0.144. The molecule has 2 atom stereocenters. The Bertz CT molecular complexity index is 248. The Morgan fingerprint density at radius 3 is 1.92 bits per heavy atom. The zero-order chi connectivity index (χ0) is 9.84. The molecule has 0 unspecified atom stereocenters. The van der Waals surface area contributed by atoms with Crippen LogP contribution in [0.3, 0.4) is 0 Å². The molecule has 1 nitrogen and oxygen atoms in total. The molecule has 0 amide bonds. The molecule has 1 rings (SSSR count). The van der Waals surface area contributed by atoms with Crippen molar-refractivity contribution < 1.29 is 0 Å². The van der Waals surface area contributed by atoms with Crippen molar-refractivity contribution >= 4 is 0 Å². The van der Waals surface area contributed by atoms with Crippen LogP contribution in [0.4, 0.5) is 0 Å². The summed E-state index contributed by atoms with van der Waals surface area (Å²) < 4.78 is 0. The summed E-state index contributed by atoms with van der Waals surface area (Å²) in [5.74, 6) is 0.655. The second-order valence-electron chi connectivity index (χ2n) is 3.76. The lowest BCUT2D eigenvalue weighted by atomic mass is 9.96. The summed E-state index contributed by atoms with van der Waals surface area (Å²) in [5.41, 5.74) is 8.40. The van der Waals surface area contributed by atoms with Crippen molar-refractivity contribution in [1.82, 2.24) is 0 Å². The maximum atomic E-state index is 5.77. The maximum Gasteiger partial charge on any atom is 0.0266 e. The molecule has 0 aliphatic carbocycles. The molecule has 0 aromatic heterocycles. The van der Waals surface area contributed by atoms with Gasteiger partial charge in [0.15, 0.2) is 0 Å². The van der Waals surface area contributed by atoms with Crippen molar-refractivity contribution in [2.24, 2.45) is 5.73 Å². The van der Waals surface area contributed by atoms with E-state index in [1.54, 1.807) is 0 Å². The van der Waals surface area contributed by atoms with E-state index >= 15 is 0 Å². The maximum absolute atomic E-state index is 5.77. The Labute approximate surface area is 81.0 Å². The van der Waals surface area contributed by atoms with E-state index in [0.717, 1.165) is 0 Å². The Kier molecular flexibility index (Phi) is 3.49. The topological polar surface area (TPSA) is 26.0 Å². The van der Waals surface area contributed by atoms with Crippen LogP contribution in [0, 0.1) is 0 Å². The van der Waals surface area contributed by atoms with E-state index in [0.29, 0.717) is 5.92 Å². The highest BCUT2D eigenvalue weighted by molar-refractivity contribution is 5.26. The second kappa shape index (κ2) is 4.43. The molecule has 2 N–H and O–H groups in total. The summed E-state index contributed by atoms with van der Waals surface area (Å²) in [6, 6.07) is 8.78. The van der Waals surface area contributed by atoms with Gasteiger partial charge in [0.2, 0.25) is 0 Å². The first-order chi connectivity index (χ1) is 6.15. The normalized spacial score (nSPS) is 15.4. The molecular formula is C12H19N. The van der Waals surface area contributed by atoms with Crippen LogP contribution in [0.15, 0.2) is 24.3 Å². The molecule has 72 valence electrons. The van der Waals surface area contributed by atoms with Gasteiger partial charge in [-0.15, -0.1) is 0 Å². The molecule has 0 aliphatic heterocycles. The molecule has 0 radical (unpaired) electrons. The van der Waals surface area contributed by atoms with Crippen molar-refractivity contribution in [3.8, 4) is 0 Å². The lowest BCUT2D eigenvalue weighted by molar-refractivity contribution is 0.731. The van der Waals surface area contributed by atoms with Crippen LogP contribution >= 0.6 is 0 Å². The van der Waals surface area contributed by atoms with Crippen molar-refractivity contribution in [1.29, 1.82) is 0 Å². The van der Waals surface area contributed by atoms with Gasteiger partial charge in [-0.2, -0.15) is 0 Å². The Morgan fingerprint density at radius 2 is 1.54 bits per heavy atom. The molecule has 0 aliphatic rings. The zero-order valence-electron chi connectivity index (χ0n) is 8.75. The van der Waals surface area contributed by atoms with Crippen LogP contribution in [-0.2, 0) is 0 Å². The predicted molar refractivity (Wildman–Crippen MR) is 57.8 cm³/mol. The minimum Gasteiger partial charge on any atom is -0.324 e. The van der Waals surface area contributed by atoms with Crippen molar-refractivity contribution in [3.63, 3.8) is 0 Å². The molecular weight excluding hydrogens is 158 g/mol. The number of hydrogen-bond acceptors (Lipinski definition) is 1. The highest BCUT2D eigenvalue weighted by Crippen LogP contribution is 2.20. The molecule has 0 bridgehead atoms. The van der Waals surface area contributed by atoms with Gasteiger partial charge in [-0.25, -0.2) is 0 Å². The van der Waals surface area contributed by atoms with E-state index in [4.69, 9.17) is 5.73 Å². The van der Waals surface area contributed by atoms with Gasteiger partial charge in [-0.1, -0.05) is 38.1 Å². The van der Waals surface area contributed by atoms with E-state index in [-0.39, 0.29) is 6.04 Å². The largest absolute Gasteiger partial charge is 0.324 e. The lowest BCUT2D eigenvalue weighted by Crippen LogP contribution is -2.04. The number of hydrogen-bond donors (Lipinski definition) is 1. The third-order valence-corrected chi connectivity index (χ3v) is 2.64. The van der Waals surface area contributed by atoms with E-state index < -0.39 is 0 Å². The molecule has 1 heteroatoms. The van der Waals surface area contributed by atoms with E-state index in [1.165, 1.54) is 17.5 Å². The SMILES string of the molecule is CC[C@@H](C)c1ccc([C@@H](C)N)cc1. The molecule has 0 heterocycles. The molecule has 0 spiro atoms. The summed E-state index contributed by atoms with van der Waals surface area (Å²) >= 11 is 0. The fourth-order valence-electron chi connectivity index (χ4n) is 1.36. The molecule has 1 aromatic carbocycles. The molecule has 1 aromatic rings. The van der Waals surface area contributed by atoms with Gasteiger partial charge in [-0.3, -0.25) is 0 Å². The van der Waals surface area contributed by atoms with Crippen molar-refractivity contribution in [2.75, 3.05) is 0 Å². The number of rotatable bonds is 3. The first-order valence-corrected chi connectivity index (χ1v) is 5.00. The summed E-state index contributed by atoms with van der Waals surface area (Å²) in [7, 11) is 0. The Morgan fingerprint density at radius 1 is 1.08 bits per heavy atom. The monoisotopic (exact) mass is 177 g/mol. The molecule has 0 saturated heterocycles. The standard InChI is InChI=1S/C12H19N/c1-4-9(2)11-5-7-12(8-6-11)10(3)13/h5-10H,4,13H2,1-3H3/t9-,10-/m1/s1. The smallest absolute Gasteiger partial charge is 0.0266 e. The van der Waals surface area contributed by atoms with Crippen LogP contribution in [-0.4, -0.2) is 0 Å². The predicted octanol–water partition coefficient (Wildman–Crippen LogP) is 3.22. The summed E-state index contributed by atoms with van der Waals surface area (Å²) in [4.78, 5) is 0. The van der Waals surface area contributed by atoms with Gasteiger partial charge >= 0.3 is 0 Å². The van der Waals surface area contributed by atoms with Crippen LogP contribution in [0.1, 0.15) is 50.3 Å². The van der Waals surface area contributed by atoms with Crippen molar-refractivity contribution in [2.45, 2.75) is 39.2 Å². The fourth-order valence-corrected chi connectivity index (χ4v) is 1.36. The highest BCUT2D eigenvalue weighted by Gasteiger charge is 2.03. The summed E-state index contributed by atoms with van der Waals surface area (Å²) in [5, 5.41) is 0. The summed E-state index contributed by atoms with van der Waals surface area (Å²) in [6.07, 6.45) is 1.19. The van der Waals surface area contributed by atoms with Crippen LogP contribution < -0.4 is 5.73 Å².